The summed E-state index contributed by atoms with van der Waals surface area (Å²) in [5, 5.41) is -0.390. The van der Waals surface area contributed by atoms with E-state index in [1.165, 1.54) is 0 Å². The van der Waals surface area contributed by atoms with Crippen molar-refractivity contribution in [2.24, 2.45) is 4.40 Å². The Morgan fingerprint density at radius 3 is 2.33 bits per heavy atom. The highest BCUT2D eigenvalue weighted by Crippen LogP contribution is 2.28. The number of hydrogen-bond acceptors (Lipinski definition) is 3. The molecule has 1 aliphatic carbocycles. The summed E-state index contributed by atoms with van der Waals surface area (Å²) < 4.78 is 23.8. The first-order valence-electron chi connectivity index (χ1n) is 2.50. The first-order valence-corrected chi connectivity index (χ1v) is 4.00. The first kappa shape index (κ1) is 6.45. The summed E-state index contributed by atoms with van der Waals surface area (Å²) in [5.41, 5.74) is 0. The second-order valence-electron chi connectivity index (χ2n) is 1.90. The molecule has 0 saturated heterocycles. The van der Waals surface area contributed by atoms with E-state index in [0.717, 1.165) is 6.08 Å². The third-order valence-electron chi connectivity index (χ3n) is 1.11. The highest BCUT2D eigenvalue weighted by molar-refractivity contribution is 7.91. The Hall–Kier alpha value is -0.670. The van der Waals surface area contributed by atoms with Gasteiger partial charge in [0.1, 0.15) is 0 Å². The van der Waals surface area contributed by atoms with E-state index in [1.54, 1.807) is 0 Å². The maximum Gasteiger partial charge on any atom is 0.266 e. The molecule has 0 aliphatic heterocycles. The summed E-state index contributed by atoms with van der Waals surface area (Å²) in [6, 6.07) is 0. The van der Waals surface area contributed by atoms with Gasteiger partial charge < -0.3 is 0 Å². The molecule has 1 fully saturated rings. The molecule has 4 nitrogen and oxygen atoms in total. The second-order valence-corrected chi connectivity index (χ2v) is 3.78. The van der Waals surface area contributed by atoms with E-state index < -0.39 is 10.0 Å². The van der Waals surface area contributed by atoms with E-state index >= 15 is 0 Å². The maximum absolute atomic E-state index is 10.6. The zero-order valence-electron chi connectivity index (χ0n) is 4.57. The molecule has 50 valence electrons. The van der Waals surface area contributed by atoms with Crippen molar-refractivity contribution in [3.8, 4) is 0 Å². The van der Waals surface area contributed by atoms with E-state index in [1.807, 2.05) is 0 Å². The number of rotatable bonds is 2. The van der Waals surface area contributed by atoms with Crippen molar-refractivity contribution in [2.75, 3.05) is 0 Å². The minimum Gasteiger partial charge on any atom is -0.210 e. The van der Waals surface area contributed by atoms with Gasteiger partial charge in [0.2, 0.25) is 0 Å². The van der Waals surface area contributed by atoms with Gasteiger partial charge in [0.05, 0.1) is 5.25 Å². The quantitative estimate of drug-likeness (QED) is 0.402. The zero-order chi connectivity index (χ0) is 6.91. The van der Waals surface area contributed by atoms with Crippen molar-refractivity contribution in [3.63, 3.8) is 0 Å². The van der Waals surface area contributed by atoms with E-state index in [9.17, 15) is 13.2 Å². The molecule has 0 N–H and O–H groups in total. The van der Waals surface area contributed by atoms with Crippen molar-refractivity contribution in [1.82, 2.24) is 0 Å². The summed E-state index contributed by atoms with van der Waals surface area (Å²) in [6.07, 6.45) is 2.28. The number of carbonyl (C=O) groups excluding carboxylic acids is 1. The lowest BCUT2D eigenvalue weighted by Crippen LogP contribution is -2.00. The van der Waals surface area contributed by atoms with Crippen LogP contribution in [0.3, 0.4) is 0 Å². The van der Waals surface area contributed by atoms with Crippen molar-refractivity contribution in [3.05, 3.63) is 0 Å². The molecule has 1 saturated carbocycles. The second kappa shape index (κ2) is 1.93. The van der Waals surface area contributed by atoms with Gasteiger partial charge in [-0.25, -0.2) is 13.2 Å². The molecule has 0 amide bonds. The summed E-state index contributed by atoms with van der Waals surface area (Å²) >= 11 is 0. The average Bonchev–Trinajstić information content (AvgIpc) is 2.41. The molecule has 0 unspecified atom stereocenters. The highest BCUT2D eigenvalue weighted by atomic mass is 32.2. The first-order chi connectivity index (χ1) is 4.17. The zero-order valence-corrected chi connectivity index (χ0v) is 5.39. The van der Waals surface area contributed by atoms with E-state index in [2.05, 4.69) is 4.40 Å². The summed E-state index contributed by atoms with van der Waals surface area (Å²) in [5.74, 6) is 0. The number of hydrogen-bond donors (Lipinski definition) is 0. The molecular weight excluding hydrogens is 142 g/mol. The molecule has 0 bridgehead atoms. The van der Waals surface area contributed by atoms with Crippen LogP contribution in [0, 0.1) is 0 Å². The predicted octanol–water partition coefficient (Wildman–Crippen LogP) is -0.186. The largest absolute Gasteiger partial charge is 0.266 e. The van der Waals surface area contributed by atoms with Crippen molar-refractivity contribution < 1.29 is 13.2 Å². The normalized spacial score (nSPS) is 18.7. The van der Waals surface area contributed by atoms with E-state index in [-0.39, 0.29) is 5.25 Å². The van der Waals surface area contributed by atoms with E-state index in [0.29, 0.717) is 12.8 Å². The lowest BCUT2D eigenvalue weighted by Gasteiger charge is -1.84. The molecule has 0 spiro atoms. The smallest absolute Gasteiger partial charge is 0.210 e. The van der Waals surface area contributed by atoms with Gasteiger partial charge in [-0.2, -0.15) is 0 Å². The molecule has 0 aromatic heterocycles. The molecule has 1 rings (SSSR count). The SMILES string of the molecule is O=C=NS(=O)(=O)C1CC1. The fraction of sp³-hybridized carbons (Fsp3) is 0.750. The van der Waals surface area contributed by atoms with Crippen LogP contribution in [0.5, 0.6) is 0 Å². The van der Waals surface area contributed by atoms with Gasteiger partial charge in [-0.3, -0.25) is 0 Å². The Bertz CT molecular complexity index is 245. The Morgan fingerprint density at radius 1 is 1.44 bits per heavy atom. The molecular formula is C4H5NO3S. The molecule has 0 atom stereocenters. The Morgan fingerprint density at radius 2 is 2.00 bits per heavy atom. The molecule has 0 heterocycles. The predicted molar refractivity (Wildman–Crippen MR) is 30.1 cm³/mol. The van der Waals surface area contributed by atoms with Crippen LogP contribution in [0.4, 0.5) is 0 Å². The standard InChI is InChI=1S/C4H5NO3S/c6-3-5-9(7,8)4-1-2-4/h4H,1-2H2. The van der Waals surface area contributed by atoms with Crippen LogP contribution in [0.1, 0.15) is 12.8 Å². The van der Waals surface area contributed by atoms with Crippen molar-refractivity contribution in [1.29, 1.82) is 0 Å². The van der Waals surface area contributed by atoms with Gasteiger partial charge in [-0.15, -0.1) is 0 Å². The number of nitrogens with zero attached hydrogens (tertiary/aromatic N) is 1. The Labute approximate surface area is 52.6 Å². The fourth-order valence-corrected chi connectivity index (χ4v) is 1.48. The molecule has 9 heavy (non-hydrogen) atoms. The number of sulfonamides is 1. The van der Waals surface area contributed by atoms with Crippen LogP contribution in [-0.2, 0) is 14.8 Å². The van der Waals surface area contributed by atoms with Crippen LogP contribution >= 0.6 is 0 Å². The third kappa shape index (κ3) is 1.37. The van der Waals surface area contributed by atoms with Crippen LogP contribution in [-0.4, -0.2) is 19.7 Å². The average molecular weight is 147 g/mol. The lowest BCUT2D eigenvalue weighted by molar-refractivity contribution is 0.563. The monoisotopic (exact) mass is 147 g/mol. The minimum atomic E-state index is -3.44. The van der Waals surface area contributed by atoms with Gasteiger partial charge in [0, 0.05) is 0 Å². The molecule has 0 aromatic rings. The van der Waals surface area contributed by atoms with Gasteiger partial charge in [0.25, 0.3) is 16.1 Å². The van der Waals surface area contributed by atoms with Gasteiger partial charge in [-0.1, -0.05) is 4.40 Å². The minimum absolute atomic E-state index is 0.390. The van der Waals surface area contributed by atoms with Crippen molar-refractivity contribution >= 4 is 16.1 Å². The topological polar surface area (TPSA) is 63.6 Å². The molecule has 0 aromatic carbocycles. The lowest BCUT2D eigenvalue weighted by atomic mass is 11.0. The summed E-state index contributed by atoms with van der Waals surface area (Å²) in [7, 11) is -3.44. The van der Waals surface area contributed by atoms with Crippen LogP contribution in [0.15, 0.2) is 4.40 Å². The Kier molecular flexibility index (Phi) is 1.38. The van der Waals surface area contributed by atoms with Gasteiger partial charge in [0.15, 0.2) is 0 Å². The van der Waals surface area contributed by atoms with Gasteiger partial charge >= 0.3 is 0 Å². The van der Waals surface area contributed by atoms with Crippen LogP contribution in [0.2, 0.25) is 0 Å². The van der Waals surface area contributed by atoms with Crippen LogP contribution < -0.4 is 0 Å². The molecule has 0 radical (unpaired) electrons. The maximum atomic E-state index is 10.6. The van der Waals surface area contributed by atoms with Gasteiger partial charge in [-0.05, 0) is 12.8 Å². The van der Waals surface area contributed by atoms with Crippen LogP contribution in [0.25, 0.3) is 0 Å². The highest BCUT2D eigenvalue weighted by Gasteiger charge is 2.35. The molecule has 1 aliphatic rings. The fourth-order valence-electron chi connectivity index (χ4n) is 0.492. The summed E-state index contributed by atoms with van der Waals surface area (Å²) in [6.45, 7) is 0. The Balaban J connectivity index is 2.84. The number of isocyanates is 1. The van der Waals surface area contributed by atoms with Crippen molar-refractivity contribution in [2.45, 2.75) is 18.1 Å². The summed E-state index contributed by atoms with van der Waals surface area (Å²) in [4.78, 5) is 9.48. The third-order valence-corrected chi connectivity index (χ3v) is 2.75. The van der Waals surface area contributed by atoms with E-state index in [4.69, 9.17) is 0 Å². The molecule has 5 heteroatoms.